The molecule has 4 nitrogen and oxygen atoms in total. The summed E-state index contributed by atoms with van der Waals surface area (Å²) in [5, 5.41) is 6.63. The Balaban J connectivity index is 1.76. The van der Waals surface area contributed by atoms with E-state index >= 15 is 0 Å². The molecule has 0 aliphatic rings. The lowest BCUT2D eigenvalue weighted by molar-refractivity contribution is -0.0962. The van der Waals surface area contributed by atoms with E-state index in [0.29, 0.717) is 6.42 Å². The van der Waals surface area contributed by atoms with Crippen molar-refractivity contribution < 1.29 is 17.9 Å². The van der Waals surface area contributed by atoms with Gasteiger partial charge in [-0.3, -0.25) is 4.98 Å². The maximum absolute atomic E-state index is 12.3. The summed E-state index contributed by atoms with van der Waals surface area (Å²) in [6.07, 6.45) is -0.321. The summed E-state index contributed by atoms with van der Waals surface area (Å²) in [5.74, 6) is 0.720. The van der Waals surface area contributed by atoms with Gasteiger partial charge in [-0.05, 0) is 31.4 Å². The molecule has 0 aliphatic heterocycles. The predicted octanol–water partition coefficient (Wildman–Crippen LogP) is 4.49. The van der Waals surface area contributed by atoms with Crippen LogP contribution < -0.4 is 15.4 Å². The van der Waals surface area contributed by atoms with Crippen LogP contribution in [0.2, 0.25) is 0 Å². The molecule has 1 aromatic heterocycles. The highest BCUT2D eigenvalue weighted by Gasteiger charge is 2.31. The number of nitrogens with one attached hydrogen (secondary N) is 2. The number of hydrogen-bond donors (Lipinski definition) is 2. The van der Waals surface area contributed by atoms with E-state index in [2.05, 4.69) is 22.2 Å². The molecule has 0 radical (unpaired) electrons. The van der Waals surface area contributed by atoms with E-state index in [1.807, 2.05) is 24.3 Å². The molecule has 2 N–H and O–H groups in total. The largest absolute Gasteiger partial charge is 0.494 e. The zero-order valence-corrected chi connectivity index (χ0v) is 14.1. The number of alkyl halides is 3. The van der Waals surface area contributed by atoms with Gasteiger partial charge in [0.15, 0.2) is 0 Å². The van der Waals surface area contributed by atoms with Crippen LogP contribution in [0.5, 0.6) is 5.75 Å². The van der Waals surface area contributed by atoms with Crippen molar-refractivity contribution in [3.63, 3.8) is 0 Å². The molecule has 0 amide bonds. The number of ether oxygens (including phenoxy) is 1. The number of rotatable bonds is 9. The minimum absolute atomic E-state index is 0.272. The Bertz CT molecular complexity index is 716. The second-order valence-electron chi connectivity index (χ2n) is 5.61. The highest BCUT2D eigenvalue weighted by Crippen LogP contribution is 2.28. The Morgan fingerprint density at radius 2 is 1.92 bits per heavy atom. The normalized spacial score (nSPS) is 11.4. The maximum atomic E-state index is 12.3. The van der Waals surface area contributed by atoms with Crippen molar-refractivity contribution in [3.05, 3.63) is 42.7 Å². The van der Waals surface area contributed by atoms with Crippen LogP contribution in [-0.4, -0.2) is 31.4 Å². The molecule has 0 saturated heterocycles. The van der Waals surface area contributed by atoms with Gasteiger partial charge in [0.1, 0.15) is 17.0 Å². The topological polar surface area (TPSA) is 46.2 Å². The van der Waals surface area contributed by atoms with E-state index < -0.39 is 11.9 Å². The van der Waals surface area contributed by atoms with Gasteiger partial charge < -0.3 is 15.4 Å². The van der Waals surface area contributed by atoms with Crippen LogP contribution in [0.4, 0.5) is 18.9 Å². The highest BCUT2D eigenvalue weighted by atomic mass is 19.4. The van der Waals surface area contributed by atoms with Gasteiger partial charge in [0.25, 0.3) is 0 Å². The van der Waals surface area contributed by atoms with Crippen molar-refractivity contribution in [2.45, 2.75) is 25.4 Å². The smallest absolute Gasteiger partial charge is 0.430 e. The van der Waals surface area contributed by atoms with Gasteiger partial charge in [0.2, 0.25) is 0 Å². The van der Waals surface area contributed by atoms with Crippen LogP contribution in [0.25, 0.3) is 10.9 Å². The second-order valence-corrected chi connectivity index (χ2v) is 5.61. The number of fused-ring (bicyclic) bond motifs is 1. The van der Waals surface area contributed by atoms with Gasteiger partial charge in [0.05, 0.1) is 7.11 Å². The molecule has 136 valence electrons. The van der Waals surface area contributed by atoms with E-state index in [9.17, 15) is 13.2 Å². The van der Waals surface area contributed by atoms with E-state index in [4.69, 9.17) is 4.74 Å². The van der Waals surface area contributed by atoms with Crippen molar-refractivity contribution in [1.82, 2.24) is 10.3 Å². The van der Waals surface area contributed by atoms with Gasteiger partial charge >= 0.3 is 6.18 Å². The molecule has 2 rings (SSSR count). The minimum Gasteiger partial charge on any atom is -0.494 e. The third kappa shape index (κ3) is 5.27. The van der Waals surface area contributed by atoms with E-state index in [1.54, 1.807) is 13.3 Å². The molecule has 7 heteroatoms. The van der Waals surface area contributed by atoms with Crippen molar-refractivity contribution >= 4 is 16.6 Å². The lowest BCUT2D eigenvalue weighted by Gasteiger charge is -2.13. The summed E-state index contributed by atoms with van der Waals surface area (Å²) in [4.78, 5) is 4.34. The Labute approximate surface area is 145 Å². The van der Waals surface area contributed by atoms with E-state index in [-0.39, 0.29) is 6.54 Å². The summed E-state index contributed by atoms with van der Waals surface area (Å²) in [6, 6.07) is 7.64. The first-order valence-corrected chi connectivity index (χ1v) is 8.09. The van der Waals surface area contributed by atoms with Crippen molar-refractivity contribution in [1.29, 1.82) is 0 Å². The summed E-state index contributed by atoms with van der Waals surface area (Å²) in [7, 11) is 1.61. The van der Waals surface area contributed by atoms with Gasteiger partial charge in [-0.1, -0.05) is 18.7 Å². The van der Waals surface area contributed by atoms with Crippen LogP contribution in [-0.2, 0) is 0 Å². The minimum atomic E-state index is -4.37. The molecular formula is C18H22F3N3O. The molecule has 0 bridgehead atoms. The van der Waals surface area contributed by atoms with Crippen LogP contribution in [0.15, 0.2) is 42.7 Å². The molecule has 0 spiro atoms. The fraction of sp³-hybridized carbons (Fsp3) is 0.389. The molecular weight excluding hydrogens is 331 g/mol. The summed E-state index contributed by atoms with van der Waals surface area (Å²) >= 11 is 0. The number of benzene rings is 1. The van der Waals surface area contributed by atoms with E-state index in [1.165, 1.54) is 0 Å². The monoisotopic (exact) mass is 353 g/mol. The van der Waals surface area contributed by atoms with Crippen LogP contribution in [0.3, 0.4) is 0 Å². The van der Waals surface area contributed by atoms with Gasteiger partial charge in [-0.2, -0.15) is 13.2 Å². The van der Waals surface area contributed by atoms with Crippen molar-refractivity contribution in [3.8, 4) is 5.75 Å². The zero-order valence-electron chi connectivity index (χ0n) is 14.1. The molecule has 2 aromatic rings. The Kier molecular flexibility index (Phi) is 6.50. The molecule has 0 fully saturated rings. The summed E-state index contributed by atoms with van der Waals surface area (Å²) in [5.41, 5.74) is 0.875. The van der Waals surface area contributed by atoms with Crippen LogP contribution >= 0.6 is 0 Å². The first-order chi connectivity index (χ1) is 11.9. The number of aromatic nitrogens is 1. The van der Waals surface area contributed by atoms with Crippen LogP contribution in [0, 0.1) is 0 Å². The molecule has 0 aliphatic carbocycles. The fourth-order valence-corrected chi connectivity index (χ4v) is 2.46. The number of methoxy groups -OCH3 is 1. The molecule has 0 unspecified atom stereocenters. The molecule has 0 atom stereocenters. The van der Waals surface area contributed by atoms with Crippen LogP contribution in [0.1, 0.15) is 19.3 Å². The lowest BCUT2D eigenvalue weighted by atomic mass is 10.1. The third-order valence-electron chi connectivity index (χ3n) is 3.80. The molecule has 1 heterocycles. The summed E-state index contributed by atoms with van der Waals surface area (Å²) in [6.45, 7) is 3.98. The molecule has 25 heavy (non-hydrogen) atoms. The zero-order chi connectivity index (χ0) is 18.3. The number of allylic oxidation sites excluding steroid dienone is 1. The number of pyridine rings is 1. The molecule has 1 aromatic carbocycles. The van der Waals surface area contributed by atoms with Gasteiger partial charge in [-0.25, -0.2) is 0 Å². The average Bonchev–Trinajstić information content (AvgIpc) is 2.59. The summed E-state index contributed by atoms with van der Waals surface area (Å²) < 4.78 is 42.1. The first kappa shape index (κ1) is 18.9. The van der Waals surface area contributed by atoms with Gasteiger partial charge in [-0.15, -0.1) is 0 Å². The lowest BCUT2D eigenvalue weighted by Crippen LogP contribution is -2.26. The van der Waals surface area contributed by atoms with Gasteiger partial charge in [0, 0.05) is 30.4 Å². The standard InChI is InChI=1S/C18H22F3N3O/c1-13(18(19,20)21)22-10-4-3-5-11-23-15-9-12-24-17-14(15)7-6-8-16(17)25-2/h6-9,12,22H,1,3-5,10-11H2,2H3,(H,23,24). The number of halogens is 3. The average molecular weight is 353 g/mol. The molecule has 0 saturated carbocycles. The van der Waals surface area contributed by atoms with Crippen molar-refractivity contribution in [2.75, 3.05) is 25.5 Å². The number of para-hydroxylation sites is 1. The predicted molar refractivity (Wildman–Crippen MR) is 93.8 cm³/mol. The number of anilines is 1. The number of nitrogens with zero attached hydrogens (tertiary/aromatic N) is 1. The SMILES string of the molecule is C=C(NCCCCCNc1ccnc2c(OC)cccc12)C(F)(F)F. The Hall–Kier alpha value is -2.44. The third-order valence-corrected chi connectivity index (χ3v) is 3.80. The van der Waals surface area contributed by atoms with E-state index in [0.717, 1.165) is 41.7 Å². The first-order valence-electron chi connectivity index (χ1n) is 8.09. The number of unbranched alkanes of at least 4 members (excludes halogenated alkanes) is 2. The Morgan fingerprint density at radius 1 is 1.16 bits per heavy atom. The maximum Gasteiger partial charge on any atom is 0.430 e. The highest BCUT2D eigenvalue weighted by molar-refractivity contribution is 5.94. The van der Waals surface area contributed by atoms with Crippen molar-refractivity contribution in [2.24, 2.45) is 0 Å². The Morgan fingerprint density at radius 3 is 2.64 bits per heavy atom. The fourth-order valence-electron chi connectivity index (χ4n) is 2.46. The quantitative estimate of drug-likeness (QED) is 0.652. The number of hydrogen-bond acceptors (Lipinski definition) is 4. The second kappa shape index (κ2) is 8.60.